The molecule has 0 aliphatic carbocycles. The van der Waals surface area contributed by atoms with Crippen molar-refractivity contribution >= 4 is 0 Å². The number of hydrogen-bond acceptors (Lipinski definition) is 3. The van der Waals surface area contributed by atoms with Gasteiger partial charge >= 0.3 is 0 Å². The van der Waals surface area contributed by atoms with Gasteiger partial charge < -0.3 is 14.6 Å². The van der Waals surface area contributed by atoms with Crippen LogP contribution in [0.25, 0.3) is 0 Å². The molecular weight excluding hydrogens is 144 g/mol. The van der Waals surface area contributed by atoms with Gasteiger partial charge in [-0.05, 0) is 26.2 Å². The smallest absolute Gasteiger partial charge is 0.157 e. The zero-order chi connectivity index (χ0) is 8.10. The molecule has 0 aromatic heterocycles. The molecule has 1 saturated heterocycles. The lowest BCUT2D eigenvalue weighted by molar-refractivity contribution is -0.0491. The third kappa shape index (κ3) is 3.70. The Balaban J connectivity index is 1.94. The number of hydrogen-bond donors (Lipinski definition) is 1. The van der Waals surface area contributed by atoms with Crippen LogP contribution >= 0.6 is 0 Å². The van der Waals surface area contributed by atoms with Crippen molar-refractivity contribution in [2.45, 2.75) is 38.6 Å². The summed E-state index contributed by atoms with van der Waals surface area (Å²) < 4.78 is 10.5. The number of ether oxygens (including phenoxy) is 2. The minimum absolute atomic E-state index is 0.00579. The first-order valence-corrected chi connectivity index (χ1v) is 4.20. The van der Waals surface area contributed by atoms with E-state index in [2.05, 4.69) is 0 Å². The first-order chi connectivity index (χ1) is 5.29. The van der Waals surface area contributed by atoms with Crippen molar-refractivity contribution in [3.63, 3.8) is 0 Å². The molecule has 1 aliphatic rings. The molecule has 1 fully saturated rings. The normalized spacial score (nSPS) is 22.4. The summed E-state index contributed by atoms with van der Waals surface area (Å²) in [6.07, 6.45) is 2.52. The topological polar surface area (TPSA) is 38.7 Å². The molecule has 0 aromatic rings. The van der Waals surface area contributed by atoms with E-state index in [-0.39, 0.29) is 12.4 Å². The maximum atomic E-state index is 8.94. The molecule has 0 bridgehead atoms. The molecule has 1 rings (SSSR count). The molecule has 0 aromatic carbocycles. The molecule has 3 heteroatoms. The van der Waals surface area contributed by atoms with Gasteiger partial charge in [-0.15, -0.1) is 0 Å². The quantitative estimate of drug-likeness (QED) is 0.664. The second kappa shape index (κ2) is 4.70. The summed E-state index contributed by atoms with van der Waals surface area (Å²) in [6, 6.07) is 0. The summed E-state index contributed by atoms with van der Waals surface area (Å²) in [5.41, 5.74) is 0. The summed E-state index contributed by atoms with van der Waals surface area (Å²) in [5, 5.41) is 8.94. The van der Waals surface area contributed by atoms with Crippen LogP contribution in [0.5, 0.6) is 0 Å². The summed E-state index contributed by atoms with van der Waals surface area (Å²) in [6.45, 7) is 3.25. The first-order valence-electron chi connectivity index (χ1n) is 4.20. The second-order valence-corrected chi connectivity index (χ2v) is 2.95. The van der Waals surface area contributed by atoms with Crippen molar-refractivity contribution in [3.05, 3.63) is 0 Å². The van der Waals surface area contributed by atoms with Crippen LogP contribution in [0.3, 0.4) is 0 Å². The molecule has 1 unspecified atom stereocenters. The van der Waals surface area contributed by atoms with Crippen molar-refractivity contribution in [1.82, 2.24) is 0 Å². The van der Waals surface area contributed by atoms with Gasteiger partial charge in [0.1, 0.15) is 0 Å². The van der Waals surface area contributed by atoms with Crippen LogP contribution in [0.1, 0.15) is 26.2 Å². The van der Waals surface area contributed by atoms with Gasteiger partial charge in [0.2, 0.25) is 0 Å². The fraction of sp³-hybridized carbons (Fsp3) is 1.00. The number of aliphatic hydroxyl groups excluding tert-OH is 1. The van der Waals surface area contributed by atoms with E-state index in [0.717, 1.165) is 32.5 Å². The molecule has 11 heavy (non-hydrogen) atoms. The molecular formula is C8H16O3. The molecule has 1 N–H and O–H groups in total. The van der Waals surface area contributed by atoms with Crippen LogP contribution in [0, 0.1) is 0 Å². The SMILES string of the molecule is CC(O)CCCC1OCCO1. The van der Waals surface area contributed by atoms with Crippen molar-refractivity contribution in [1.29, 1.82) is 0 Å². The Bertz CT molecular complexity index is 97.5. The van der Waals surface area contributed by atoms with Crippen LogP contribution in [0.2, 0.25) is 0 Å². The highest BCUT2D eigenvalue weighted by Crippen LogP contribution is 2.12. The van der Waals surface area contributed by atoms with Gasteiger partial charge in [0.15, 0.2) is 6.29 Å². The maximum absolute atomic E-state index is 8.94. The van der Waals surface area contributed by atoms with Gasteiger partial charge in [-0.25, -0.2) is 0 Å². The largest absolute Gasteiger partial charge is 0.393 e. The van der Waals surface area contributed by atoms with Crippen LogP contribution in [0.15, 0.2) is 0 Å². The van der Waals surface area contributed by atoms with Crippen LogP contribution in [-0.4, -0.2) is 30.7 Å². The van der Waals surface area contributed by atoms with E-state index in [0.29, 0.717) is 0 Å². The highest BCUT2D eigenvalue weighted by molar-refractivity contribution is 4.54. The fourth-order valence-electron chi connectivity index (χ4n) is 1.15. The average molecular weight is 160 g/mol. The van der Waals surface area contributed by atoms with Crippen LogP contribution < -0.4 is 0 Å². The molecule has 0 radical (unpaired) electrons. The van der Waals surface area contributed by atoms with E-state index in [9.17, 15) is 0 Å². The third-order valence-corrected chi connectivity index (χ3v) is 1.75. The monoisotopic (exact) mass is 160 g/mol. The van der Waals surface area contributed by atoms with E-state index < -0.39 is 0 Å². The lowest BCUT2D eigenvalue weighted by atomic mass is 10.2. The lowest BCUT2D eigenvalue weighted by Gasteiger charge is -2.08. The van der Waals surface area contributed by atoms with E-state index in [1.165, 1.54) is 0 Å². The van der Waals surface area contributed by atoms with Crippen LogP contribution in [0.4, 0.5) is 0 Å². The van der Waals surface area contributed by atoms with Gasteiger partial charge in [-0.3, -0.25) is 0 Å². The van der Waals surface area contributed by atoms with Gasteiger partial charge in [-0.2, -0.15) is 0 Å². The summed E-state index contributed by atoms with van der Waals surface area (Å²) in [4.78, 5) is 0. The van der Waals surface area contributed by atoms with Crippen molar-refractivity contribution < 1.29 is 14.6 Å². The van der Waals surface area contributed by atoms with E-state index in [1.54, 1.807) is 6.92 Å². The lowest BCUT2D eigenvalue weighted by Crippen LogP contribution is -2.08. The fourth-order valence-corrected chi connectivity index (χ4v) is 1.15. The maximum Gasteiger partial charge on any atom is 0.157 e. The highest BCUT2D eigenvalue weighted by atomic mass is 16.7. The molecule has 0 amide bonds. The van der Waals surface area contributed by atoms with Gasteiger partial charge in [0.05, 0.1) is 19.3 Å². The van der Waals surface area contributed by atoms with Gasteiger partial charge in [0, 0.05) is 0 Å². The second-order valence-electron chi connectivity index (χ2n) is 2.95. The summed E-state index contributed by atoms with van der Waals surface area (Å²) >= 11 is 0. The minimum Gasteiger partial charge on any atom is -0.393 e. The van der Waals surface area contributed by atoms with E-state index in [4.69, 9.17) is 14.6 Å². The predicted octanol–water partition coefficient (Wildman–Crippen LogP) is 0.910. The average Bonchev–Trinajstić information content (AvgIpc) is 2.39. The van der Waals surface area contributed by atoms with Crippen LogP contribution in [-0.2, 0) is 9.47 Å². The Morgan fingerprint density at radius 3 is 2.64 bits per heavy atom. The third-order valence-electron chi connectivity index (χ3n) is 1.75. The van der Waals surface area contributed by atoms with Crippen molar-refractivity contribution in [3.8, 4) is 0 Å². The Kier molecular flexibility index (Phi) is 3.83. The zero-order valence-corrected chi connectivity index (χ0v) is 6.95. The molecule has 1 atom stereocenters. The Labute approximate surface area is 67.3 Å². The Morgan fingerprint density at radius 1 is 1.45 bits per heavy atom. The molecule has 0 spiro atoms. The summed E-state index contributed by atoms with van der Waals surface area (Å²) in [5.74, 6) is 0. The Hall–Kier alpha value is -0.120. The molecule has 0 saturated carbocycles. The molecule has 1 heterocycles. The molecule has 66 valence electrons. The Morgan fingerprint density at radius 2 is 2.09 bits per heavy atom. The van der Waals surface area contributed by atoms with Gasteiger partial charge in [0.25, 0.3) is 0 Å². The first kappa shape index (κ1) is 8.97. The number of rotatable bonds is 4. The van der Waals surface area contributed by atoms with Crippen molar-refractivity contribution in [2.75, 3.05) is 13.2 Å². The number of aliphatic hydroxyl groups is 1. The predicted molar refractivity (Wildman–Crippen MR) is 41.2 cm³/mol. The minimum atomic E-state index is -0.198. The highest BCUT2D eigenvalue weighted by Gasteiger charge is 2.14. The van der Waals surface area contributed by atoms with E-state index >= 15 is 0 Å². The zero-order valence-electron chi connectivity index (χ0n) is 6.95. The molecule has 1 aliphatic heterocycles. The molecule has 3 nitrogen and oxygen atoms in total. The van der Waals surface area contributed by atoms with E-state index in [1.807, 2.05) is 0 Å². The standard InChI is InChI=1S/C8H16O3/c1-7(9)3-2-4-8-10-5-6-11-8/h7-9H,2-6H2,1H3. The van der Waals surface area contributed by atoms with Gasteiger partial charge in [-0.1, -0.05) is 0 Å². The summed E-state index contributed by atoms with van der Waals surface area (Å²) in [7, 11) is 0. The van der Waals surface area contributed by atoms with Crippen molar-refractivity contribution in [2.24, 2.45) is 0 Å².